The number of anilines is 1. The largest absolute Gasteiger partial charge is 0.449 e. The first-order chi connectivity index (χ1) is 15.2. The lowest BCUT2D eigenvalue weighted by molar-refractivity contribution is 0.143. The molecule has 5 nitrogen and oxygen atoms in total. The van der Waals surface area contributed by atoms with E-state index >= 15 is 0 Å². The van der Waals surface area contributed by atoms with E-state index in [2.05, 4.69) is 47.5 Å². The minimum atomic E-state index is -0.464. The van der Waals surface area contributed by atoms with Crippen molar-refractivity contribution in [1.29, 1.82) is 5.26 Å². The highest BCUT2D eigenvalue weighted by Crippen LogP contribution is 2.44. The lowest BCUT2D eigenvalue weighted by Gasteiger charge is -2.14. The number of nitrogens with zero attached hydrogens (tertiary/aromatic N) is 1. The summed E-state index contributed by atoms with van der Waals surface area (Å²) in [6.45, 7) is 0.642. The van der Waals surface area contributed by atoms with Crippen LogP contribution in [0.1, 0.15) is 34.6 Å². The van der Waals surface area contributed by atoms with Crippen molar-refractivity contribution in [3.63, 3.8) is 0 Å². The Morgan fingerprint density at radius 2 is 1.68 bits per heavy atom. The standard InChI is InChI=1S/C26H21N3O2/c27-16-19-15-20(28)13-12-18(19)7-5-6-14-29-26(30)31-17-25-23-10-3-1-8-21(23)22-9-2-4-11-24(22)25/h1-4,8-13,15,25H,6,14,17,28H2,(H,29,30). The second-order valence-corrected chi connectivity index (χ2v) is 7.22. The number of alkyl carbamates (subject to hydrolysis) is 1. The summed E-state index contributed by atoms with van der Waals surface area (Å²) in [6, 6.07) is 23.6. The average Bonchev–Trinajstić information content (AvgIpc) is 3.12. The van der Waals surface area contributed by atoms with E-state index in [9.17, 15) is 4.79 Å². The van der Waals surface area contributed by atoms with Gasteiger partial charge in [-0.3, -0.25) is 0 Å². The van der Waals surface area contributed by atoms with E-state index in [1.54, 1.807) is 18.2 Å². The van der Waals surface area contributed by atoms with Crippen LogP contribution in [-0.2, 0) is 4.74 Å². The summed E-state index contributed by atoms with van der Waals surface area (Å²) in [5, 5.41) is 11.9. The van der Waals surface area contributed by atoms with Crippen molar-refractivity contribution < 1.29 is 9.53 Å². The SMILES string of the molecule is N#Cc1cc(N)ccc1C#CCCNC(=O)OCC1c2ccccc2-c2ccccc21. The van der Waals surface area contributed by atoms with Crippen LogP contribution in [0.5, 0.6) is 0 Å². The van der Waals surface area contributed by atoms with E-state index in [0.717, 1.165) is 0 Å². The second kappa shape index (κ2) is 9.07. The number of amides is 1. The molecule has 31 heavy (non-hydrogen) atoms. The lowest BCUT2D eigenvalue weighted by atomic mass is 9.98. The Hall–Kier alpha value is -4.22. The van der Waals surface area contributed by atoms with Crippen molar-refractivity contribution in [2.45, 2.75) is 12.3 Å². The van der Waals surface area contributed by atoms with Gasteiger partial charge in [0.2, 0.25) is 0 Å². The van der Waals surface area contributed by atoms with Crippen molar-refractivity contribution >= 4 is 11.8 Å². The third kappa shape index (κ3) is 4.37. The Kier molecular flexibility index (Phi) is 5.87. The second-order valence-electron chi connectivity index (χ2n) is 7.22. The Balaban J connectivity index is 1.30. The van der Waals surface area contributed by atoms with Crippen LogP contribution in [0.15, 0.2) is 66.7 Å². The Morgan fingerprint density at radius 3 is 2.35 bits per heavy atom. The number of nitrogens with one attached hydrogen (secondary N) is 1. The molecular weight excluding hydrogens is 386 g/mol. The monoisotopic (exact) mass is 407 g/mol. The van der Waals surface area contributed by atoms with Crippen molar-refractivity contribution in [3.8, 4) is 29.0 Å². The molecule has 3 aromatic carbocycles. The zero-order valence-electron chi connectivity index (χ0n) is 16.9. The molecule has 0 radical (unpaired) electrons. The normalized spacial score (nSPS) is 11.5. The predicted octanol–water partition coefficient (Wildman–Crippen LogP) is 4.42. The third-order valence-electron chi connectivity index (χ3n) is 5.25. The minimum absolute atomic E-state index is 0.0351. The molecule has 0 aliphatic heterocycles. The molecule has 0 fully saturated rings. The Labute approximate surface area is 181 Å². The van der Waals surface area contributed by atoms with Crippen molar-refractivity contribution in [3.05, 3.63) is 89.0 Å². The van der Waals surface area contributed by atoms with E-state index in [0.29, 0.717) is 29.8 Å². The molecule has 5 heteroatoms. The van der Waals surface area contributed by atoms with Crippen LogP contribution in [0.2, 0.25) is 0 Å². The summed E-state index contributed by atoms with van der Waals surface area (Å²) in [5.41, 5.74) is 12.0. The number of hydrogen-bond acceptors (Lipinski definition) is 4. The maximum absolute atomic E-state index is 12.2. The number of carbonyl (C=O) groups is 1. The van der Waals surface area contributed by atoms with Crippen molar-refractivity contribution in [1.82, 2.24) is 5.32 Å². The van der Waals surface area contributed by atoms with Crippen molar-refractivity contribution in [2.75, 3.05) is 18.9 Å². The smallest absolute Gasteiger partial charge is 0.407 e. The molecule has 3 aromatic rings. The van der Waals surface area contributed by atoms with Gasteiger partial charge in [-0.2, -0.15) is 5.26 Å². The van der Waals surface area contributed by atoms with Crippen LogP contribution < -0.4 is 11.1 Å². The Morgan fingerprint density at radius 1 is 1.00 bits per heavy atom. The molecule has 0 aromatic heterocycles. The molecule has 0 atom stereocenters. The number of carbonyl (C=O) groups excluding carboxylic acids is 1. The highest BCUT2D eigenvalue weighted by atomic mass is 16.5. The topological polar surface area (TPSA) is 88.1 Å². The highest BCUT2D eigenvalue weighted by molar-refractivity contribution is 5.79. The molecule has 0 saturated heterocycles. The molecule has 0 saturated carbocycles. The summed E-state index contributed by atoms with van der Waals surface area (Å²) in [4.78, 5) is 12.2. The predicted molar refractivity (Wildman–Crippen MR) is 120 cm³/mol. The highest BCUT2D eigenvalue weighted by Gasteiger charge is 2.28. The number of fused-ring (bicyclic) bond motifs is 3. The van der Waals surface area contributed by atoms with Gasteiger partial charge < -0.3 is 15.8 Å². The fourth-order valence-electron chi connectivity index (χ4n) is 3.80. The molecule has 1 aliphatic carbocycles. The molecule has 0 bridgehead atoms. The van der Waals surface area contributed by atoms with E-state index in [1.807, 2.05) is 24.3 Å². The van der Waals surface area contributed by atoms with Gasteiger partial charge in [0.15, 0.2) is 0 Å². The van der Waals surface area contributed by atoms with Gasteiger partial charge in [-0.1, -0.05) is 60.4 Å². The van der Waals surface area contributed by atoms with E-state index in [4.69, 9.17) is 15.7 Å². The van der Waals surface area contributed by atoms with E-state index < -0.39 is 6.09 Å². The summed E-state index contributed by atoms with van der Waals surface area (Å²) < 4.78 is 5.50. The molecule has 3 N–H and O–H groups in total. The number of benzene rings is 3. The van der Waals surface area contributed by atoms with E-state index in [-0.39, 0.29) is 12.5 Å². The average molecular weight is 407 g/mol. The quantitative estimate of drug-likeness (QED) is 0.381. The van der Waals surface area contributed by atoms with Gasteiger partial charge >= 0.3 is 6.09 Å². The molecule has 1 amide bonds. The number of rotatable bonds is 4. The summed E-state index contributed by atoms with van der Waals surface area (Å²) >= 11 is 0. The van der Waals surface area contributed by atoms with Crippen molar-refractivity contribution in [2.24, 2.45) is 0 Å². The van der Waals surface area contributed by atoms with Crippen LogP contribution in [0, 0.1) is 23.2 Å². The van der Waals surface area contributed by atoms with Crippen LogP contribution in [0.4, 0.5) is 10.5 Å². The molecular formula is C26H21N3O2. The fourth-order valence-corrected chi connectivity index (χ4v) is 3.80. The first kappa shape index (κ1) is 20.1. The van der Waals surface area contributed by atoms with Gasteiger partial charge in [0, 0.05) is 30.1 Å². The van der Waals surface area contributed by atoms with Gasteiger partial charge in [-0.25, -0.2) is 4.79 Å². The molecule has 1 aliphatic rings. The van der Waals surface area contributed by atoms with Gasteiger partial charge in [0.1, 0.15) is 12.7 Å². The zero-order chi connectivity index (χ0) is 21.6. The van der Waals surface area contributed by atoms with Gasteiger partial charge in [0.25, 0.3) is 0 Å². The molecule has 0 unspecified atom stereocenters. The summed E-state index contributed by atoms with van der Waals surface area (Å²) in [6.07, 6.45) is -0.0201. The maximum atomic E-state index is 12.2. The van der Waals surface area contributed by atoms with Gasteiger partial charge in [0.05, 0.1) is 5.56 Å². The van der Waals surface area contributed by atoms with Crippen LogP contribution in [0.25, 0.3) is 11.1 Å². The molecule has 0 spiro atoms. The molecule has 152 valence electrons. The van der Waals surface area contributed by atoms with E-state index in [1.165, 1.54) is 22.3 Å². The Bertz CT molecular complexity index is 1190. The number of ether oxygens (including phenoxy) is 1. The molecule has 0 heterocycles. The molecule has 4 rings (SSSR count). The summed E-state index contributed by atoms with van der Waals surface area (Å²) in [5.74, 6) is 5.94. The number of hydrogen-bond donors (Lipinski definition) is 2. The van der Waals surface area contributed by atoms with Crippen LogP contribution >= 0.6 is 0 Å². The maximum Gasteiger partial charge on any atom is 0.407 e. The first-order valence-electron chi connectivity index (χ1n) is 10.0. The third-order valence-corrected chi connectivity index (χ3v) is 5.25. The first-order valence-corrected chi connectivity index (χ1v) is 10.0. The zero-order valence-corrected chi connectivity index (χ0v) is 16.9. The number of nitriles is 1. The summed E-state index contributed by atoms with van der Waals surface area (Å²) in [7, 11) is 0. The van der Waals surface area contributed by atoms with Crippen LogP contribution in [0.3, 0.4) is 0 Å². The number of nitrogens with two attached hydrogens (primary N) is 1. The minimum Gasteiger partial charge on any atom is -0.449 e. The lowest BCUT2D eigenvalue weighted by Crippen LogP contribution is -2.26. The fraction of sp³-hybridized carbons (Fsp3) is 0.154. The van der Waals surface area contributed by atoms with Gasteiger partial charge in [-0.05, 0) is 40.5 Å². The van der Waals surface area contributed by atoms with Gasteiger partial charge in [-0.15, -0.1) is 0 Å². The number of nitrogen functional groups attached to an aromatic ring is 1. The van der Waals surface area contributed by atoms with Crippen LogP contribution in [-0.4, -0.2) is 19.2 Å².